The minimum absolute atomic E-state index is 0.525. The van der Waals surface area contributed by atoms with Crippen molar-refractivity contribution < 1.29 is 0 Å². The van der Waals surface area contributed by atoms with E-state index < -0.39 is 0 Å². The molecule has 29 heavy (non-hydrogen) atoms. The van der Waals surface area contributed by atoms with Gasteiger partial charge in [-0.2, -0.15) is 5.10 Å². The lowest BCUT2D eigenvalue weighted by Gasteiger charge is -2.19. The molecule has 0 saturated carbocycles. The third-order valence-electron chi connectivity index (χ3n) is 5.69. The molecule has 0 atom stereocenters. The average Bonchev–Trinajstić information content (AvgIpc) is 3.20. The monoisotopic (exact) mass is 380 g/mol. The molecule has 0 unspecified atom stereocenters. The highest BCUT2D eigenvalue weighted by Crippen LogP contribution is 2.37. The predicted molar refractivity (Wildman–Crippen MR) is 124 cm³/mol. The van der Waals surface area contributed by atoms with Gasteiger partial charge in [0, 0.05) is 5.39 Å². The van der Waals surface area contributed by atoms with Crippen LogP contribution in [-0.4, -0.2) is 10.2 Å². The van der Waals surface area contributed by atoms with E-state index in [1.807, 2.05) is 6.20 Å². The van der Waals surface area contributed by atoms with Crippen LogP contribution in [0.5, 0.6) is 0 Å². The van der Waals surface area contributed by atoms with E-state index in [9.17, 15) is 0 Å². The van der Waals surface area contributed by atoms with Crippen molar-refractivity contribution in [3.63, 3.8) is 0 Å². The Kier molecular flexibility index (Phi) is 5.35. The molecule has 1 heterocycles. The van der Waals surface area contributed by atoms with Gasteiger partial charge in [-0.15, -0.1) is 0 Å². The Morgan fingerprint density at radius 1 is 0.931 bits per heavy atom. The normalized spacial score (nSPS) is 12.4. The van der Waals surface area contributed by atoms with E-state index in [-0.39, 0.29) is 0 Å². The number of benzene rings is 3. The van der Waals surface area contributed by atoms with Gasteiger partial charge >= 0.3 is 0 Å². The number of hydrogen-bond acceptors (Lipinski definition) is 1. The largest absolute Gasteiger partial charge is 0.278 e. The van der Waals surface area contributed by atoms with Crippen LogP contribution in [0.4, 0.5) is 0 Å². The van der Waals surface area contributed by atoms with E-state index in [1.165, 1.54) is 39.0 Å². The van der Waals surface area contributed by atoms with Crippen molar-refractivity contribution in [3.05, 3.63) is 101 Å². The van der Waals surface area contributed by atoms with Crippen LogP contribution in [0, 0.1) is 6.92 Å². The van der Waals surface area contributed by atoms with E-state index in [0.29, 0.717) is 5.92 Å². The molecule has 0 radical (unpaired) electrons. The van der Waals surface area contributed by atoms with Gasteiger partial charge in [-0.3, -0.25) is 5.10 Å². The molecule has 0 amide bonds. The highest BCUT2D eigenvalue weighted by atomic mass is 15.1. The lowest BCUT2D eigenvalue weighted by Crippen LogP contribution is -1.99. The summed E-state index contributed by atoms with van der Waals surface area (Å²) in [7, 11) is 0. The van der Waals surface area contributed by atoms with Crippen molar-refractivity contribution in [3.8, 4) is 0 Å². The van der Waals surface area contributed by atoms with Gasteiger partial charge in [-0.25, -0.2) is 0 Å². The Balaban J connectivity index is 2.00. The van der Waals surface area contributed by atoms with Crippen molar-refractivity contribution in [2.45, 2.75) is 40.0 Å². The van der Waals surface area contributed by atoms with Gasteiger partial charge in [0.2, 0.25) is 0 Å². The number of aromatic nitrogens is 2. The van der Waals surface area contributed by atoms with Crippen LogP contribution in [-0.2, 0) is 0 Å². The zero-order valence-corrected chi connectivity index (χ0v) is 17.7. The van der Waals surface area contributed by atoms with Crippen molar-refractivity contribution in [1.82, 2.24) is 10.2 Å². The summed E-state index contributed by atoms with van der Waals surface area (Å²) in [5.74, 6) is 0.525. The van der Waals surface area contributed by atoms with Gasteiger partial charge < -0.3 is 0 Å². The van der Waals surface area contributed by atoms with Crippen LogP contribution in [0.2, 0.25) is 0 Å². The van der Waals surface area contributed by atoms with Crippen LogP contribution in [0.3, 0.4) is 0 Å². The van der Waals surface area contributed by atoms with Gasteiger partial charge in [-0.1, -0.05) is 75.4 Å². The van der Waals surface area contributed by atoms with Gasteiger partial charge in [0.15, 0.2) is 0 Å². The second-order valence-corrected chi connectivity index (χ2v) is 7.97. The Hall–Kier alpha value is -3.13. The Morgan fingerprint density at radius 2 is 1.72 bits per heavy atom. The number of allylic oxidation sites excluding steroid dienone is 1. The lowest BCUT2D eigenvalue weighted by atomic mass is 9.85. The molecule has 0 spiro atoms. The number of H-pyrrole nitrogens is 1. The molecule has 0 aliphatic carbocycles. The number of rotatable bonds is 5. The summed E-state index contributed by atoms with van der Waals surface area (Å²) in [6.07, 6.45) is 2.87. The molecule has 0 saturated heterocycles. The van der Waals surface area contributed by atoms with E-state index in [4.69, 9.17) is 0 Å². The molecule has 0 fully saturated rings. The average molecular weight is 381 g/mol. The molecular weight excluding hydrogens is 352 g/mol. The fourth-order valence-corrected chi connectivity index (χ4v) is 4.08. The molecule has 4 aromatic rings. The summed E-state index contributed by atoms with van der Waals surface area (Å²) in [6, 6.07) is 24.3. The SMILES string of the molecule is CC/C(=C(\c1ccc2[nH]ncc2c1)c1ccc(C(C)C)cc1C)c1ccccc1. The smallest absolute Gasteiger partial charge is 0.0650 e. The minimum Gasteiger partial charge on any atom is -0.278 e. The first-order valence-electron chi connectivity index (χ1n) is 10.4. The summed E-state index contributed by atoms with van der Waals surface area (Å²) in [5, 5.41) is 8.41. The number of nitrogens with one attached hydrogen (secondary N) is 1. The van der Waals surface area contributed by atoms with Crippen LogP contribution >= 0.6 is 0 Å². The van der Waals surface area contributed by atoms with Crippen LogP contribution in [0.15, 0.2) is 72.9 Å². The second-order valence-electron chi connectivity index (χ2n) is 7.97. The highest BCUT2D eigenvalue weighted by Gasteiger charge is 2.16. The Morgan fingerprint density at radius 3 is 2.41 bits per heavy atom. The first kappa shape index (κ1) is 19.2. The molecule has 2 heteroatoms. The van der Waals surface area contributed by atoms with Crippen LogP contribution < -0.4 is 0 Å². The molecule has 0 aliphatic heterocycles. The molecule has 3 aromatic carbocycles. The van der Waals surface area contributed by atoms with Crippen LogP contribution in [0.1, 0.15) is 60.9 Å². The second kappa shape index (κ2) is 8.08. The summed E-state index contributed by atoms with van der Waals surface area (Å²) in [6.45, 7) is 8.98. The molecular formula is C27H28N2. The van der Waals surface area contributed by atoms with E-state index >= 15 is 0 Å². The number of aromatic amines is 1. The molecule has 1 aromatic heterocycles. The summed E-state index contributed by atoms with van der Waals surface area (Å²) in [4.78, 5) is 0. The van der Waals surface area contributed by atoms with E-state index in [0.717, 1.165) is 17.3 Å². The number of hydrogen-bond donors (Lipinski definition) is 1. The zero-order chi connectivity index (χ0) is 20.4. The molecule has 146 valence electrons. The molecule has 0 aliphatic rings. The van der Waals surface area contributed by atoms with E-state index in [1.54, 1.807) is 0 Å². The minimum atomic E-state index is 0.525. The number of aryl methyl sites for hydroxylation is 1. The Bertz CT molecular complexity index is 1160. The molecule has 0 bridgehead atoms. The zero-order valence-electron chi connectivity index (χ0n) is 17.7. The standard InChI is InChI=1S/C27H28N2/c1-5-24(20-9-7-6-8-10-20)27(22-12-14-26-23(16-22)17-28-29-26)25-13-11-21(18(2)3)15-19(25)4/h6-18H,5H2,1-4H3,(H,28,29)/b27-24-. The summed E-state index contributed by atoms with van der Waals surface area (Å²) >= 11 is 0. The van der Waals surface area contributed by atoms with Crippen molar-refractivity contribution in [2.24, 2.45) is 0 Å². The molecule has 4 rings (SSSR count). The maximum Gasteiger partial charge on any atom is 0.0650 e. The first-order chi connectivity index (χ1) is 14.1. The topological polar surface area (TPSA) is 28.7 Å². The predicted octanol–water partition coefficient (Wildman–Crippen LogP) is 7.36. The fourth-order valence-electron chi connectivity index (χ4n) is 4.08. The van der Waals surface area contributed by atoms with Crippen LogP contribution in [0.25, 0.3) is 22.0 Å². The van der Waals surface area contributed by atoms with E-state index in [2.05, 4.69) is 105 Å². The maximum absolute atomic E-state index is 4.21. The molecule has 1 N–H and O–H groups in total. The number of fused-ring (bicyclic) bond motifs is 1. The maximum atomic E-state index is 4.21. The van der Waals surface area contributed by atoms with Gasteiger partial charge in [0.1, 0.15) is 0 Å². The summed E-state index contributed by atoms with van der Waals surface area (Å²) in [5.41, 5.74) is 10.3. The first-order valence-corrected chi connectivity index (χ1v) is 10.4. The lowest BCUT2D eigenvalue weighted by molar-refractivity contribution is 0.864. The van der Waals surface area contributed by atoms with Crippen molar-refractivity contribution in [2.75, 3.05) is 0 Å². The highest BCUT2D eigenvalue weighted by molar-refractivity contribution is 6.01. The number of nitrogens with zero attached hydrogens (tertiary/aromatic N) is 1. The fraction of sp³-hybridized carbons (Fsp3) is 0.222. The van der Waals surface area contributed by atoms with Gasteiger partial charge in [-0.05, 0) is 70.4 Å². The van der Waals surface area contributed by atoms with Crippen molar-refractivity contribution in [1.29, 1.82) is 0 Å². The Labute approximate surface area is 173 Å². The molecule has 2 nitrogen and oxygen atoms in total. The van der Waals surface area contributed by atoms with Gasteiger partial charge in [0.25, 0.3) is 0 Å². The summed E-state index contributed by atoms with van der Waals surface area (Å²) < 4.78 is 0. The quantitative estimate of drug-likeness (QED) is 0.360. The van der Waals surface area contributed by atoms with Crippen molar-refractivity contribution >= 4 is 22.0 Å². The van der Waals surface area contributed by atoms with Gasteiger partial charge in [0.05, 0.1) is 11.7 Å². The third kappa shape index (κ3) is 3.75. The third-order valence-corrected chi connectivity index (χ3v) is 5.69.